The highest BCUT2D eigenvalue weighted by molar-refractivity contribution is 4.94. The predicted octanol–water partition coefficient (Wildman–Crippen LogP) is 1.84. The zero-order chi connectivity index (χ0) is 12.3. The Morgan fingerprint density at radius 2 is 2.29 bits per heavy atom. The van der Waals surface area contributed by atoms with Gasteiger partial charge in [0.25, 0.3) is 0 Å². The van der Waals surface area contributed by atoms with Crippen molar-refractivity contribution in [2.24, 2.45) is 11.7 Å². The molecule has 5 heteroatoms. The van der Waals surface area contributed by atoms with Gasteiger partial charge in [0.2, 0.25) is 5.89 Å². The van der Waals surface area contributed by atoms with Crippen molar-refractivity contribution in [3.8, 4) is 0 Å². The first-order valence-electron chi connectivity index (χ1n) is 6.35. The number of nitrogens with zero attached hydrogens (tertiary/aromatic N) is 2. The van der Waals surface area contributed by atoms with Crippen LogP contribution in [0.1, 0.15) is 50.9 Å². The molecule has 1 saturated heterocycles. The summed E-state index contributed by atoms with van der Waals surface area (Å²) in [4.78, 5) is 4.34. The van der Waals surface area contributed by atoms with E-state index in [1.165, 1.54) is 0 Å². The molecule has 0 amide bonds. The van der Waals surface area contributed by atoms with E-state index in [4.69, 9.17) is 15.0 Å². The Bertz CT molecular complexity index is 345. The van der Waals surface area contributed by atoms with Crippen molar-refractivity contribution >= 4 is 0 Å². The smallest absolute Gasteiger partial charge is 0.243 e. The Morgan fingerprint density at radius 3 is 2.94 bits per heavy atom. The molecule has 2 atom stereocenters. The highest BCUT2D eigenvalue weighted by Crippen LogP contribution is 2.19. The van der Waals surface area contributed by atoms with E-state index in [1.807, 2.05) is 0 Å². The minimum absolute atomic E-state index is 0.152. The molecule has 96 valence electrons. The Kier molecular flexibility index (Phi) is 4.12. The molecule has 0 aliphatic carbocycles. The number of aromatic nitrogens is 2. The summed E-state index contributed by atoms with van der Waals surface area (Å²) >= 11 is 0. The van der Waals surface area contributed by atoms with E-state index in [-0.39, 0.29) is 12.1 Å². The van der Waals surface area contributed by atoms with Gasteiger partial charge in [-0.25, -0.2) is 0 Å². The fraction of sp³-hybridized carbons (Fsp3) is 0.833. The highest BCUT2D eigenvalue weighted by Gasteiger charge is 2.21. The summed E-state index contributed by atoms with van der Waals surface area (Å²) in [6.07, 6.45) is 4.06. The van der Waals surface area contributed by atoms with Crippen molar-refractivity contribution in [3.05, 3.63) is 11.7 Å². The van der Waals surface area contributed by atoms with Crippen LogP contribution < -0.4 is 5.73 Å². The summed E-state index contributed by atoms with van der Waals surface area (Å²) in [5.41, 5.74) is 5.99. The van der Waals surface area contributed by atoms with Gasteiger partial charge in [-0.3, -0.25) is 0 Å². The topological polar surface area (TPSA) is 74.2 Å². The van der Waals surface area contributed by atoms with Crippen molar-refractivity contribution in [2.45, 2.75) is 51.7 Å². The SMILES string of the molecule is CC(C)CC(N)c1nc(CC2CCCO2)no1. The standard InChI is InChI=1S/C12H21N3O2/c1-8(2)6-10(13)12-14-11(15-17-12)7-9-4-3-5-16-9/h8-10H,3-7,13H2,1-2H3. The second kappa shape index (κ2) is 5.60. The molecule has 0 bridgehead atoms. The van der Waals surface area contributed by atoms with E-state index in [0.29, 0.717) is 17.6 Å². The van der Waals surface area contributed by atoms with Crippen LogP contribution in [0.2, 0.25) is 0 Å². The van der Waals surface area contributed by atoms with Crippen molar-refractivity contribution in [2.75, 3.05) is 6.61 Å². The lowest BCUT2D eigenvalue weighted by Crippen LogP contribution is -2.14. The van der Waals surface area contributed by atoms with E-state index in [9.17, 15) is 0 Å². The van der Waals surface area contributed by atoms with E-state index < -0.39 is 0 Å². The number of hydrogen-bond donors (Lipinski definition) is 1. The van der Waals surface area contributed by atoms with E-state index in [0.717, 1.165) is 32.3 Å². The van der Waals surface area contributed by atoms with Gasteiger partial charge in [0.1, 0.15) is 0 Å². The second-order valence-electron chi connectivity index (χ2n) is 5.12. The Morgan fingerprint density at radius 1 is 1.47 bits per heavy atom. The van der Waals surface area contributed by atoms with Crippen LogP contribution in [0.5, 0.6) is 0 Å². The number of nitrogens with two attached hydrogens (primary N) is 1. The first kappa shape index (κ1) is 12.5. The van der Waals surface area contributed by atoms with Gasteiger partial charge in [0.05, 0.1) is 12.1 Å². The predicted molar refractivity (Wildman–Crippen MR) is 63.4 cm³/mol. The molecule has 0 aromatic carbocycles. The maximum atomic E-state index is 5.99. The second-order valence-corrected chi connectivity index (χ2v) is 5.12. The normalized spacial score (nSPS) is 22.2. The summed E-state index contributed by atoms with van der Waals surface area (Å²) in [6.45, 7) is 5.11. The van der Waals surface area contributed by atoms with Crippen molar-refractivity contribution in [1.29, 1.82) is 0 Å². The monoisotopic (exact) mass is 239 g/mol. The molecule has 0 saturated carbocycles. The molecule has 2 rings (SSSR count). The molecular weight excluding hydrogens is 218 g/mol. The molecule has 0 radical (unpaired) electrons. The Balaban J connectivity index is 1.90. The van der Waals surface area contributed by atoms with Crippen molar-refractivity contribution in [3.63, 3.8) is 0 Å². The van der Waals surface area contributed by atoms with E-state index >= 15 is 0 Å². The van der Waals surface area contributed by atoms with Crippen LogP contribution in [0.15, 0.2) is 4.52 Å². The summed E-state index contributed by atoms with van der Waals surface area (Å²) in [7, 11) is 0. The van der Waals surface area contributed by atoms with Crippen LogP contribution in [0.3, 0.4) is 0 Å². The minimum atomic E-state index is -0.152. The molecule has 2 N–H and O–H groups in total. The third kappa shape index (κ3) is 3.51. The lowest BCUT2D eigenvalue weighted by Gasteiger charge is -2.08. The van der Waals surface area contributed by atoms with Crippen LogP contribution in [0, 0.1) is 5.92 Å². The molecule has 2 heterocycles. The maximum absolute atomic E-state index is 5.99. The van der Waals surface area contributed by atoms with Crippen LogP contribution in [-0.2, 0) is 11.2 Å². The fourth-order valence-corrected chi connectivity index (χ4v) is 2.12. The van der Waals surface area contributed by atoms with E-state index in [1.54, 1.807) is 0 Å². The number of hydrogen-bond acceptors (Lipinski definition) is 5. The van der Waals surface area contributed by atoms with E-state index in [2.05, 4.69) is 24.0 Å². The minimum Gasteiger partial charge on any atom is -0.378 e. The maximum Gasteiger partial charge on any atom is 0.243 e. The summed E-state index contributed by atoms with van der Waals surface area (Å²) in [5, 5.41) is 3.96. The van der Waals surface area contributed by atoms with Crippen LogP contribution in [-0.4, -0.2) is 22.9 Å². The van der Waals surface area contributed by atoms with Gasteiger partial charge in [-0.2, -0.15) is 4.98 Å². The fourth-order valence-electron chi connectivity index (χ4n) is 2.12. The van der Waals surface area contributed by atoms with Gasteiger partial charge in [-0.1, -0.05) is 19.0 Å². The summed E-state index contributed by atoms with van der Waals surface area (Å²) in [6, 6.07) is -0.152. The lowest BCUT2D eigenvalue weighted by atomic mass is 10.0. The Hall–Kier alpha value is -0.940. The molecule has 1 aromatic rings. The molecular formula is C12H21N3O2. The quantitative estimate of drug-likeness (QED) is 0.848. The van der Waals surface area contributed by atoms with Gasteiger partial charge in [0.15, 0.2) is 5.82 Å². The zero-order valence-electron chi connectivity index (χ0n) is 10.6. The first-order valence-corrected chi connectivity index (χ1v) is 6.35. The first-order chi connectivity index (χ1) is 8.15. The number of rotatable bonds is 5. The van der Waals surface area contributed by atoms with Gasteiger partial charge in [-0.15, -0.1) is 0 Å². The summed E-state index contributed by atoms with van der Waals surface area (Å²) in [5.74, 6) is 1.79. The van der Waals surface area contributed by atoms with Crippen LogP contribution in [0.4, 0.5) is 0 Å². The number of ether oxygens (including phenoxy) is 1. The molecule has 1 aromatic heterocycles. The van der Waals surface area contributed by atoms with Gasteiger partial charge < -0.3 is 15.0 Å². The molecule has 0 spiro atoms. The molecule has 1 fully saturated rings. The zero-order valence-corrected chi connectivity index (χ0v) is 10.6. The summed E-state index contributed by atoms with van der Waals surface area (Å²) < 4.78 is 10.7. The third-order valence-electron chi connectivity index (χ3n) is 2.96. The van der Waals surface area contributed by atoms with Gasteiger partial charge in [0, 0.05) is 13.0 Å². The van der Waals surface area contributed by atoms with Crippen molar-refractivity contribution < 1.29 is 9.26 Å². The van der Waals surface area contributed by atoms with Crippen LogP contribution in [0.25, 0.3) is 0 Å². The Labute approximate surface area is 102 Å². The largest absolute Gasteiger partial charge is 0.378 e. The molecule has 1 aliphatic heterocycles. The van der Waals surface area contributed by atoms with Crippen LogP contribution >= 0.6 is 0 Å². The third-order valence-corrected chi connectivity index (χ3v) is 2.96. The molecule has 5 nitrogen and oxygen atoms in total. The molecule has 2 unspecified atom stereocenters. The molecule has 17 heavy (non-hydrogen) atoms. The average molecular weight is 239 g/mol. The van der Waals surface area contributed by atoms with Crippen molar-refractivity contribution in [1.82, 2.24) is 10.1 Å². The lowest BCUT2D eigenvalue weighted by molar-refractivity contribution is 0.109. The van der Waals surface area contributed by atoms with Gasteiger partial charge in [-0.05, 0) is 25.2 Å². The van der Waals surface area contributed by atoms with Gasteiger partial charge >= 0.3 is 0 Å². The highest BCUT2D eigenvalue weighted by atomic mass is 16.5. The molecule has 1 aliphatic rings. The average Bonchev–Trinajstić information content (AvgIpc) is 2.88.